The van der Waals surface area contributed by atoms with E-state index in [0.717, 1.165) is 28.5 Å². The van der Waals surface area contributed by atoms with Crippen molar-refractivity contribution in [2.45, 2.75) is 32.1 Å². The molecular weight excluding hydrogens is 450 g/mol. The number of nitrogens with zero attached hydrogens (tertiary/aromatic N) is 5. The molecule has 0 radical (unpaired) electrons. The zero-order valence-electron chi connectivity index (χ0n) is 18.2. The van der Waals surface area contributed by atoms with Crippen LogP contribution in [0.15, 0.2) is 34.5 Å². The minimum Gasteiger partial charge on any atom is -0.353 e. The SMILES string of the molecule is Cc1nc(N2CCN(S(=O)(=O)c3cccc([N+](=O)[O-])c3)CC2)c2c(CC(C)C)csc2n1. The molecule has 9 nitrogen and oxygen atoms in total. The van der Waals surface area contributed by atoms with Crippen molar-refractivity contribution in [1.82, 2.24) is 14.3 Å². The molecule has 11 heteroatoms. The van der Waals surface area contributed by atoms with Crippen molar-refractivity contribution >= 4 is 43.1 Å². The molecule has 1 fully saturated rings. The van der Waals surface area contributed by atoms with Crippen LogP contribution in [0.3, 0.4) is 0 Å². The number of piperazine rings is 1. The second-order valence-corrected chi connectivity index (χ2v) is 11.1. The number of thiophene rings is 1. The highest BCUT2D eigenvalue weighted by Crippen LogP contribution is 2.34. The predicted octanol–water partition coefficient (Wildman–Crippen LogP) is 3.62. The largest absolute Gasteiger partial charge is 0.353 e. The topological polar surface area (TPSA) is 110 Å². The molecule has 0 aliphatic carbocycles. The minimum atomic E-state index is -3.82. The Morgan fingerprint density at radius 1 is 1.19 bits per heavy atom. The second-order valence-electron chi connectivity index (χ2n) is 8.28. The maximum atomic E-state index is 13.1. The first-order chi connectivity index (χ1) is 15.2. The number of benzene rings is 1. The molecule has 0 amide bonds. The van der Waals surface area contributed by atoms with Gasteiger partial charge in [-0.2, -0.15) is 4.31 Å². The van der Waals surface area contributed by atoms with Crippen molar-refractivity contribution in [3.05, 3.63) is 51.1 Å². The predicted molar refractivity (Wildman–Crippen MR) is 125 cm³/mol. The van der Waals surface area contributed by atoms with Gasteiger partial charge in [0, 0.05) is 38.3 Å². The summed E-state index contributed by atoms with van der Waals surface area (Å²) in [5.74, 6) is 2.05. The smallest absolute Gasteiger partial charge is 0.270 e. The van der Waals surface area contributed by atoms with Crippen molar-refractivity contribution in [1.29, 1.82) is 0 Å². The number of aromatic nitrogens is 2. The zero-order valence-corrected chi connectivity index (χ0v) is 19.8. The lowest BCUT2D eigenvalue weighted by Gasteiger charge is -2.35. The maximum Gasteiger partial charge on any atom is 0.270 e. The monoisotopic (exact) mass is 475 g/mol. The first-order valence-corrected chi connectivity index (χ1v) is 12.7. The quantitative estimate of drug-likeness (QED) is 0.396. The Kier molecular flexibility index (Phi) is 6.15. The molecule has 0 unspecified atom stereocenters. The molecule has 4 rings (SSSR count). The van der Waals surface area contributed by atoms with Gasteiger partial charge in [0.2, 0.25) is 10.0 Å². The fraction of sp³-hybridized carbons (Fsp3) is 0.429. The summed E-state index contributed by atoms with van der Waals surface area (Å²) in [6, 6.07) is 5.20. The van der Waals surface area contributed by atoms with Crippen molar-refractivity contribution in [2.75, 3.05) is 31.1 Å². The van der Waals surface area contributed by atoms with E-state index in [1.165, 1.54) is 28.1 Å². The standard InChI is InChI=1S/C21H25N5O4S2/c1-14(2)11-16-13-31-21-19(16)20(22-15(3)23-21)24-7-9-25(10-8-24)32(29,30)18-6-4-5-17(12-18)26(27)28/h4-6,12-14H,7-11H2,1-3H3. The Morgan fingerprint density at radius 3 is 2.56 bits per heavy atom. The van der Waals surface area contributed by atoms with E-state index < -0.39 is 14.9 Å². The lowest BCUT2D eigenvalue weighted by molar-refractivity contribution is -0.385. The van der Waals surface area contributed by atoms with Gasteiger partial charge in [0.15, 0.2) is 0 Å². The Hall–Kier alpha value is -2.63. The van der Waals surface area contributed by atoms with Crippen LogP contribution in [-0.2, 0) is 16.4 Å². The number of anilines is 1. The molecule has 1 aliphatic rings. The van der Waals surface area contributed by atoms with E-state index in [2.05, 4.69) is 29.1 Å². The molecule has 0 spiro atoms. The van der Waals surface area contributed by atoms with Crippen molar-refractivity contribution in [3.63, 3.8) is 0 Å². The van der Waals surface area contributed by atoms with Crippen LogP contribution in [-0.4, -0.2) is 53.8 Å². The Balaban J connectivity index is 1.59. The third-order valence-corrected chi connectivity index (χ3v) is 8.25. The molecule has 2 aromatic heterocycles. The molecule has 3 aromatic rings. The highest BCUT2D eigenvalue weighted by molar-refractivity contribution is 7.89. The van der Waals surface area contributed by atoms with E-state index in [0.29, 0.717) is 24.8 Å². The summed E-state index contributed by atoms with van der Waals surface area (Å²) >= 11 is 1.61. The fourth-order valence-electron chi connectivity index (χ4n) is 3.95. The van der Waals surface area contributed by atoms with Gasteiger partial charge in [-0.05, 0) is 36.3 Å². The van der Waals surface area contributed by atoms with Crippen LogP contribution in [0.4, 0.5) is 11.5 Å². The highest BCUT2D eigenvalue weighted by atomic mass is 32.2. The third kappa shape index (κ3) is 4.32. The number of hydrogen-bond donors (Lipinski definition) is 0. The summed E-state index contributed by atoms with van der Waals surface area (Å²) < 4.78 is 27.5. The fourth-order valence-corrected chi connectivity index (χ4v) is 6.41. The summed E-state index contributed by atoms with van der Waals surface area (Å²) in [6.45, 7) is 7.74. The first-order valence-electron chi connectivity index (χ1n) is 10.4. The van der Waals surface area contributed by atoms with Gasteiger partial charge in [0.25, 0.3) is 5.69 Å². The van der Waals surface area contributed by atoms with Crippen LogP contribution < -0.4 is 4.90 Å². The van der Waals surface area contributed by atoms with E-state index in [1.54, 1.807) is 11.3 Å². The van der Waals surface area contributed by atoms with Crippen molar-refractivity contribution in [2.24, 2.45) is 5.92 Å². The number of aryl methyl sites for hydroxylation is 1. The molecule has 3 heterocycles. The van der Waals surface area contributed by atoms with E-state index in [-0.39, 0.29) is 23.7 Å². The summed E-state index contributed by atoms with van der Waals surface area (Å²) in [5.41, 5.74) is 0.986. The van der Waals surface area contributed by atoms with Gasteiger partial charge < -0.3 is 4.90 Å². The van der Waals surface area contributed by atoms with Crippen LogP contribution in [0.1, 0.15) is 25.2 Å². The number of rotatable bonds is 6. The van der Waals surface area contributed by atoms with Crippen LogP contribution in [0, 0.1) is 23.0 Å². The molecule has 1 saturated heterocycles. The molecule has 1 aliphatic heterocycles. The molecule has 1 aromatic carbocycles. The minimum absolute atomic E-state index is 0.0579. The molecule has 0 atom stereocenters. The zero-order chi connectivity index (χ0) is 23.0. The van der Waals surface area contributed by atoms with E-state index in [1.807, 2.05) is 6.92 Å². The summed E-state index contributed by atoms with van der Waals surface area (Å²) in [4.78, 5) is 22.8. The third-order valence-electron chi connectivity index (χ3n) is 5.44. The normalized spacial score (nSPS) is 15.6. The van der Waals surface area contributed by atoms with Gasteiger partial charge in [0.1, 0.15) is 16.5 Å². The van der Waals surface area contributed by atoms with Gasteiger partial charge in [-0.25, -0.2) is 18.4 Å². The Morgan fingerprint density at radius 2 is 1.91 bits per heavy atom. The van der Waals surface area contributed by atoms with Gasteiger partial charge in [0.05, 0.1) is 15.2 Å². The Bertz CT molecular complexity index is 1260. The lowest BCUT2D eigenvalue weighted by Crippen LogP contribution is -2.49. The van der Waals surface area contributed by atoms with Crippen LogP contribution in [0.5, 0.6) is 0 Å². The molecule has 0 N–H and O–H groups in total. The molecule has 32 heavy (non-hydrogen) atoms. The second kappa shape index (κ2) is 8.72. The van der Waals surface area contributed by atoms with Crippen LogP contribution >= 0.6 is 11.3 Å². The molecular formula is C21H25N5O4S2. The van der Waals surface area contributed by atoms with E-state index >= 15 is 0 Å². The molecule has 0 saturated carbocycles. The molecule has 0 bridgehead atoms. The summed E-state index contributed by atoms with van der Waals surface area (Å²) in [5, 5.41) is 14.2. The number of nitro benzene ring substituents is 1. The van der Waals surface area contributed by atoms with Gasteiger partial charge in [-0.1, -0.05) is 19.9 Å². The average molecular weight is 476 g/mol. The Labute approximate surface area is 190 Å². The number of hydrogen-bond acceptors (Lipinski definition) is 8. The number of fused-ring (bicyclic) bond motifs is 1. The van der Waals surface area contributed by atoms with Gasteiger partial charge in [-0.15, -0.1) is 11.3 Å². The van der Waals surface area contributed by atoms with Crippen LogP contribution in [0.2, 0.25) is 0 Å². The van der Waals surface area contributed by atoms with E-state index in [9.17, 15) is 18.5 Å². The average Bonchev–Trinajstić information content (AvgIpc) is 3.15. The highest BCUT2D eigenvalue weighted by Gasteiger charge is 2.31. The number of nitro groups is 1. The van der Waals surface area contributed by atoms with Gasteiger partial charge >= 0.3 is 0 Å². The summed E-state index contributed by atoms with van der Waals surface area (Å²) in [7, 11) is -3.82. The molecule has 170 valence electrons. The first kappa shape index (κ1) is 22.6. The van der Waals surface area contributed by atoms with Crippen molar-refractivity contribution in [3.8, 4) is 0 Å². The lowest BCUT2D eigenvalue weighted by atomic mass is 10.0. The maximum absolute atomic E-state index is 13.1. The van der Waals surface area contributed by atoms with Crippen molar-refractivity contribution < 1.29 is 13.3 Å². The van der Waals surface area contributed by atoms with Gasteiger partial charge in [-0.3, -0.25) is 10.1 Å². The summed E-state index contributed by atoms with van der Waals surface area (Å²) in [6.07, 6.45) is 0.931. The number of non-ortho nitro benzene ring substituents is 1. The van der Waals surface area contributed by atoms with E-state index in [4.69, 9.17) is 4.98 Å². The van der Waals surface area contributed by atoms with Crippen LogP contribution in [0.25, 0.3) is 10.2 Å². The number of sulfonamides is 1.